The first-order valence-electron chi connectivity index (χ1n) is 8.50. The smallest absolute Gasteiger partial charge is 0.411 e. The van der Waals surface area contributed by atoms with Crippen molar-refractivity contribution in [1.82, 2.24) is 4.90 Å². The molecule has 0 bridgehead atoms. The van der Waals surface area contributed by atoms with Crippen LogP contribution in [0.3, 0.4) is 0 Å². The fourth-order valence-electron chi connectivity index (χ4n) is 2.15. The molecule has 5 heteroatoms. The summed E-state index contributed by atoms with van der Waals surface area (Å²) in [6.45, 7) is 12.0. The number of aryl methyl sites for hydroxylation is 1. The molecule has 1 rings (SSSR count). The van der Waals surface area contributed by atoms with Gasteiger partial charge in [0.1, 0.15) is 12.4 Å². The third-order valence-corrected chi connectivity index (χ3v) is 3.74. The van der Waals surface area contributed by atoms with Gasteiger partial charge in [-0.3, -0.25) is 5.32 Å². The van der Waals surface area contributed by atoms with Gasteiger partial charge < -0.3 is 14.4 Å². The van der Waals surface area contributed by atoms with Crippen LogP contribution in [-0.4, -0.2) is 43.8 Å². The Kier molecular flexibility index (Phi) is 9.14. The van der Waals surface area contributed by atoms with E-state index in [1.165, 1.54) is 0 Å². The van der Waals surface area contributed by atoms with Crippen molar-refractivity contribution < 1.29 is 14.3 Å². The molecule has 1 N–H and O–H groups in total. The lowest BCUT2D eigenvalue weighted by Gasteiger charge is -2.17. The standard InChI is InChI=1S/C18H30N2O3/c1-5-8-12-22-16-9-10-17(15(4)14-16)19-18(21)23-13-11-20(6-2)7-3/h9-10,14H,5-8,11-13H2,1-4H3,(H,19,21). The van der Waals surface area contributed by atoms with E-state index in [9.17, 15) is 4.79 Å². The SMILES string of the molecule is CCCCOc1ccc(NC(=O)OCCN(CC)CC)c(C)c1. The summed E-state index contributed by atoms with van der Waals surface area (Å²) >= 11 is 0. The average molecular weight is 322 g/mol. The molecule has 23 heavy (non-hydrogen) atoms. The van der Waals surface area contributed by atoms with E-state index in [4.69, 9.17) is 9.47 Å². The number of likely N-dealkylation sites (N-methyl/N-ethyl adjacent to an activating group) is 1. The van der Waals surface area contributed by atoms with E-state index in [0.29, 0.717) is 6.61 Å². The molecule has 5 nitrogen and oxygen atoms in total. The van der Waals surface area contributed by atoms with Gasteiger partial charge in [-0.15, -0.1) is 0 Å². The number of hydrogen-bond donors (Lipinski definition) is 1. The highest BCUT2D eigenvalue weighted by Crippen LogP contribution is 2.21. The zero-order valence-corrected chi connectivity index (χ0v) is 14.9. The van der Waals surface area contributed by atoms with Gasteiger partial charge in [-0.25, -0.2) is 4.79 Å². The first-order chi connectivity index (χ1) is 11.1. The van der Waals surface area contributed by atoms with Crippen molar-refractivity contribution in [3.8, 4) is 5.75 Å². The molecule has 1 amide bonds. The van der Waals surface area contributed by atoms with Crippen LogP contribution in [0, 0.1) is 6.92 Å². The van der Waals surface area contributed by atoms with Gasteiger partial charge in [0, 0.05) is 12.2 Å². The second kappa shape index (κ2) is 10.9. The summed E-state index contributed by atoms with van der Waals surface area (Å²) in [5.41, 5.74) is 1.71. The lowest BCUT2D eigenvalue weighted by atomic mass is 10.2. The molecule has 0 aliphatic heterocycles. The summed E-state index contributed by atoms with van der Waals surface area (Å²) in [7, 11) is 0. The molecule has 0 heterocycles. The number of anilines is 1. The molecule has 1 aromatic rings. The molecule has 0 fully saturated rings. The highest BCUT2D eigenvalue weighted by molar-refractivity contribution is 5.85. The van der Waals surface area contributed by atoms with Crippen molar-refractivity contribution in [3.05, 3.63) is 23.8 Å². The molecule has 0 unspecified atom stereocenters. The molecule has 0 aliphatic rings. The Morgan fingerprint density at radius 3 is 2.52 bits per heavy atom. The van der Waals surface area contributed by atoms with E-state index < -0.39 is 6.09 Å². The van der Waals surface area contributed by atoms with Crippen molar-refractivity contribution in [3.63, 3.8) is 0 Å². The van der Waals surface area contributed by atoms with Gasteiger partial charge in [0.2, 0.25) is 0 Å². The summed E-state index contributed by atoms with van der Waals surface area (Å²) in [5.74, 6) is 0.830. The summed E-state index contributed by atoms with van der Waals surface area (Å²) in [6, 6.07) is 5.65. The minimum atomic E-state index is -0.417. The van der Waals surface area contributed by atoms with E-state index in [2.05, 4.69) is 31.0 Å². The van der Waals surface area contributed by atoms with Gasteiger partial charge in [-0.2, -0.15) is 0 Å². The predicted octanol–water partition coefficient (Wildman–Crippen LogP) is 4.06. The lowest BCUT2D eigenvalue weighted by molar-refractivity contribution is 0.142. The van der Waals surface area contributed by atoms with Gasteiger partial charge in [-0.05, 0) is 50.2 Å². The Balaban J connectivity index is 2.42. The second-order valence-corrected chi connectivity index (χ2v) is 5.47. The lowest BCUT2D eigenvalue weighted by Crippen LogP contribution is -2.28. The summed E-state index contributed by atoms with van der Waals surface area (Å²) in [6.07, 6.45) is 1.73. The van der Waals surface area contributed by atoms with E-state index in [-0.39, 0.29) is 0 Å². The maximum absolute atomic E-state index is 11.8. The van der Waals surface area contributed by atoms with E-state index in [1.807, 2.05) is 25.1 Å². The number of amides is 1. The number of carbonyl (C=O) groups is 1. The monoisotopic (exact) mass is 322 g/mol. The van der Waals surface area contributed by atoms with Crippen molar-refractivity contribution in [2.45, 2.75) is 40.5 Å². The first-order valence-corrected chi connectivity index (χ1v) is 8.50. The highest BCUT2D eigenvalue weighted by atomic mass is 16.5. The van der Waals surface area contributed by atoms with Crippen LogP contribution in [0.2, 0.25) is 0 Å². The number of nitrogens with zero attached hydrogens (tertiary/aromatic N) is 1. The minimum Gasteiger partial charge on any atom is -0.494 e. The normalized spacial score (nSPS) is 10.7. The molecular weight excluding hydrogens is 292 g/mol. The van der Waals surface area contributed by atoms with Gasteiger partial charge in [0.05, 0.1) is 6.61 Å². The second-order valence-electron chi connectivity index (χ2n) is 5.47. The summed E-state index contributed by atoms with van der Waals surface area (Å²) in [4.78, 5) is 14.0. The first kappa shape index (κ1) is 19.3. The largest absolute Gasteiger partial charge is 0.494 e. The predicted molar refractivity (Wildman–Crippen MR) is 94.3 cm³/mol. The van der Waals surface area contributed by atoms with Crippen LogP contribution in [0.25, 0.3) is 0 Å². The van der Waals surface area contributed by atoms with E-state index >= 15 is 0 Å². The summed E-state index contributed by atoms with van der Waals surface area (Å²) in [5, 5.41) is 2.78. The van der Waals surface area contributed by atoms with Gasteiger partial charge in [0.25, 0.3) is 0 Å². The van der Waals surface area contributed by atoms with Gasteiger partial charge in [0.15, 0.2) is 0 Å². The Morgan fingerprint density at radius 1 is 1.17 bits per heavy atom. The quantitative estimate of drug-likeness (QED) is 0.660. The van der Waals surface area contributed by atoms with Crippen LogP contribution in [0.4, 0.5) is 10.5 Å². The number of carbonyl (C=O) groups excluding carboxylic acids is 1. The molecule has 0 atom stereocenters. The molecule has 0 aromatic heterocycles. The molecule has 0 saturated carbocycles. The van der Waals surface area contributed by atoms with Crippen LogP contribution in [0.15, 0.2) is 18.2 Å². The topological polar surface area (TPSA) is 50.8 Å². The molecule has 0 spiro atoms. The van der Waals surface area contributed by atoms with Crippen molar-refractivity contribution in [1.29, 1.82) is 0 Å². The zero-order valence-electron chi connectivity index (χ0n) is 14.9. The number of benzene rings is 1. The molecule has 0 saturated heterocycles. The van der Waals surface area contributed by atoms with Crippen LogP contribution in [0.5, 0.6) is 5.75 Å². The summed E-state index contributed by atoms with van der Waals surface area (Å²) < 4.78 is 10.9. The molecular formula is C18H30N2O3. The van der Waals surface area contributed by atoms with E-state index in [1.54, 1.807) is 0 Å². The molecule has 1 aromatic carbocycles. The number of hydrogen-bond acceptors (Lipinski definition) is 4. The Bertz CT molecular complexity index is 473. The fraction of sp³-hybridized carbons (Fsp3) is 0.611. The maximum Gasteiger partial charge on any atom is 0.411 e. The van der Waals surface area contributed by atoms with Crippen LogP contribution in [0.1, 0.15) is 39.2 Å². The van der Waals surface area contributed by atoms with Crippen LogP contribution in [-0.2, 0) is 4.74 Å². The third kappa shape index (κ3) is 7.37. The number of rotatable bonds is 10. The van der Waals surface area contributed by atoms with Crippen LogP contribution < -0.4 is 10.1 Å². The fourth-order valence-corrected chi connectivity index (χ4v) is 2.15. The highest BCUT2D eigenvalue weighted by Gasteiger charge is 2.08. The molecule has 0 radical (unpaired) electrons. The van der Waals surface area contributed by atoms with Crippen molar-refractivity contribution in [2.75, 3.05) is 38.2 Å². The Hall–Kier alpha value is -1.75. The Morgan fingerprint density at radius 2 is 1.91 bits per heavy atom. The molecule has 0 aliphatic carbocycles. The number of ether oxygens (including phenoxy) is 2. The Labute approximate surface area is 140 Å². The van der Waals surface area contributed by atoms with Crippen molar-refractivity contribution >= 4 is 11.8 Å². The number of unbranched alkanes of at least 4 members (excludes halogenated alkanes) is 1. The van der Waals surface area contributed by atoms with Gasteiger partial charge in [-0.1, -0.05) is 27.2 Å². The third-order valence-electron chi connectivity index (χ3n) is 3.74. The average Bonchev–Trinajstić information content (AvgIpc) is 2.54. The van der Waals surface area contributed by atoms with Gasteiger partial charge >= 0.3 is 6.09 Å². The zero-order chi connectivity index (χ0) is 17.1. The maximum atomic E-state index is 11.8. The van der Waals surface area contributed by atoms with Crippen molar-refractivity contribution in [2.24, 2.45) is 0 Å². The number of nitrogens with one attached hydrogen (secondary N) is 1. The van der Waals surface area contributed by atoms with Crippen LogP contribution >= 0.6 is 0 Å². The molecule has 130 valence electrons. The van der Waals surface area contributed by atoms with E-state index in [0.717, 1.165) is 56.1 Å². The minimum absolute atomic E-state index is 0.394.